The highest BCUT2D eigenvalue weighted by atomic mass is 14.9. The number of hydrogen-bond acceptors (Lipinski definition) is 1. The average Bonchev–Trinajstić information content (AvgIpc) is 2.57. The lowest BCUT2D eigenvalue weighted by molar-refractivity contribution is 0.727. The van der Waals surface area contributed by atoms with Crippen molar-refractivity contribution in [2.75, 3.05) is 0 Å². The quantitative estimate of drug-likeness (QED) is 0.599. The Labute approximate surface area is 95.4 Å². The summed E-state index contributed by atoms with van der Waals surface area (Å²) in [5, 5.41) is 1.25. The molecule has 84 valence electrons. The zero-order chi connectivity index (χ0) is 11.5. The molecule has 0 bridgehead atoms. The summed E-state index contributed by atoms with van der Waals surface area (Å²) in [5.41, 5.74) is 7.95. The molecule has 1 heterocycles. The summed E-state index contributed by atoms with van der Waals surface area (Å²) in [6, 6.07) is 10.7. The van der Waals surface area contributed by atoms with Crippen LogP contribution in [-0.4, -0.2) is 16.9 Å². The first-order valence-corrected chi connectivity index (χ1v) is 5.51. The van der Waals surface area contributed by atoms with Crippen molar-refractivity contribution < 1.29 is 0 Å². The van der Waals surface area contributed by atoms with E-state index in [1.54, 1.807) is 0 Å². The number of para-hydroxylation sites is 1. The third-order valence-electron chi connectivity index (χ3n) is 2.53. The molecule has 0 radical (unpaired) electrons. The maximum atomic E-state index is 5.56. The summed E-state index contributed by atoms with van der Waals surface area (Å²) in [7, 11) is 0. The van der Waals surface area contributed by atoms with Gasteiger partial charge in [0.15, 0.2) is 0 Å². The summed E-state index contributed by atoms with van der Waals surface area (Å²) in [5.74, 6) is 0.642. The second-order valence-corrected chi connectivity index (χ2v) is 4.21. The summed E-state index contributed by atoms with van der Waals surface area (Å²) in [6.45, 7) is 3.89. The number of aromatic nitrogens is 1. The highest BCUT2D eigenvalue weighted by Crippen LogP contribution is 2.16. The monoisotopic (exact) mass is 215 g/mol. The minimum atomic E-state index is 0.220. The van der Waals surface area contributed by atoms with Crippen LogP contribution in [0.25, 0.3) is 10.9 Å². The Bertz CT molecular complexity index is 474. The van der Waals surface area contributed by atoms with Crippen molar-refractivity contribution in [2.24, 2.45) is 10.7 Å². The predicted molar refractivity (Wildman–Crippen MR) is 68.8 cm³/mol. The van der Waals surface area contributed by atoms with Gasteiger partial charge in [0.05, 0.1) is 11.9 Å². The molecular weight excluding hydrogens is 198 g/mol. The first-order valence-electron chi connectivity index (χ1n) is 5.51. The van der Waals surface area contributed by atoms with Gasteiger partial charge in [-0.2, -0.15) is 0 Å². The third kappa shape index (κ3) is 2.42. The molecule has 0 saturated heterocycles. The van der Waals surface area contributed by atoms with Gasteiger partial charge < -0.3 is 10.7 Å². The number of hydrogen-bond donors (Lipinski definition) is 2. The van der Waals surface area contributed by atoms with Crippen LogP contribution in [0, 0.1) is 0 Å². The summed E-state index contributed by atoms with van der Waals surface area (Å²) in [4.78, 5) is 7.71. The van der Waals surface area contributed by atoms with Crippen molar-refractivity contribution in [3.8, 4) is 0 Å². The van der Waals surface area contributed by atoms with E-state index < -0.39 is 0 Å². The molecule has 3 heteroatoms. The summed E-state index contributed by atoms with van der Waals surface area (Å²) >= 11 is 0. The van der Waals surface area contributed by atoms with Crippen LogP contribution in [0.3, 0.4) is 0 Å². The van der Waals surface area contributed by atoms with Gasteiger partial charge in [0.25, 0.3) is 0 Å². The number of aliphatic imine (C=N–C) groups is 1. The molecule has 0 aliphatic heterocycles. The van der Waals surface area contributed by atoms with Gasteiger partial charge >= 0.3 is 0 Å². The largest absolute Gasteiger partial charge is 0.388 e. The molecule has 0 aliphatic carbocycles. The lowest BCUT2D eigenvalue weighted by atomic mass is 10.2. The fourth-order valence-electron chi connectivity index (χ4n) is 1.95. The highest BCUT2D eigenvalue weighted by Gasteiger charge is 2.04. The first kappa shape index (κ1) is 10.7. The maximum Gasteiger partial charge on any atom is 0.0909 e. The van der Waals surface area contributed by atoms with Gasteiger partial charge in [0, 0.05) is 17.6 Å². The molecule has 3 nitrogen and oxygen atoms in total. The van der Waals surface area contributed by atoms with Crippen LogP contribution < -0.4 is 5.73 Å². The number of fused-ring (bicyclic) bond motifs is 1. The van der Waals surface area contributed by atoms with Gasteiger partial charge in [-0.05, 0) is 31.4 Å². The molecule has 0 spiro atoms. The number of nitrogens with zero attached hydrogens (tertiary/aromatic N) is 1. The number of aromatic amines is 1. The van der Waals surface area contributed by atoms with Crippen LogP contribution in [0.1, 0.15) is 19.5 Å². The number of benzene rings is 1. The number of H-pyrrole nitrogens is 1. The van der Waals surface area contributed by atoms with Crippen LogP contribution in [0.15, 0.2) is 35.3 Å². The van der Waals surface area contributed by atoms with E-state index in [2.05, 4.69) is 35.1 Å². The van der Waals surface area contributed by atoms with E-state index in [1.165, 1.54) is 16.6 Å². The van der Waals surface area contributed by atoms with Crippen LogP contribution in [0.4, 0.5) is 0 Å². The van der Waals surface area contributed by atoms with Gasteiger partial charge in [-0.3, -0.25) is 4.99 Å². The van der Waals surface area contributed by atoms with E-state index in [0.29, 0.717) is 5.84 Å². The molecule has 0 amide bonds. The SMILES string of the molecule is CC(N)=NC(C)Cc1cc2ccccc2[nH]1. The van der Waals surface area contributed by atoms with Gasteiger partial charge in [-0.1, -0.05) is 18.2 Å². The van der Waals surface area contributed by atoms with E-state index in [1.807, 2.05) is 19.1 Å². The molecule has 0 saturated carbocycles. The molecule has 2 rings (SSSR count). The Balaban J connectivity index is 2.18. The third-order valence-corrected chi connectivity index (χ3v) is 2.53. The van der Waals surface area contributed by atoms with Gasteiger partial charge in [0.1, 0.15) is 0 Å². The molecule has 0 fully saturated rings. The predicted octanol–water partition coefficient (Wildman–Crippen LogP) is 2.48. The molecule has 3 N–H and O–H groups in total. The highest BCUT2D eigenvalue weighted by molar-refractivity contribution is 5.80. The molecule has 1 aromatic carbocycles. The number of amidine groups is 1. The molecule has 16 heavy (non-hydrogen) atoms. The van der Waals surface area contributed by atoms with E-state index in [4.69, 9.17) is 5.73 Å². The van der Waals surface area contributed by atoms with Crippen molar-refractivity contribution in [3.05, 3.63) is 36.0 Å². The minimum Gasteiger partial charge on any atom is -0.388 e. The van der Waals surface area contributed by atoms with E-state index in [-0.39, 0.29) is 6.04 Å². The molecular formula is C13H17N3. The lowest BCUT2D eigenvalue weighted by Gasteiger charge is -2.04. The molecule has 1 aromatic heterocycles. The number of nitrogens with one attached hydrogen (secondary N) is 1. The van der Waals surface area contributed by atoms with Crippen molar-refractivity contribution >= 4 is 16.7 Å². The zero-order valence-electron chi connectivity index (χ0n) is 9.70. The van der Waals surface area contributed by atoms with Crippen LogP contribution in [0.5, 0.6) is 0 Å². The van der Waals surface area contributed by atoms with Gasteiger partial charge in [0.2, 0.25) is 0 Å². The Kier molecular flexibility index (Phi) is 2.95. The Hall–Kier alpha value is -1.77. The van der Waals surface area contributed by atoms with Crippen molar-refractivity contribution in [1.82, 2.24) is 4.98 Å². The Morgan fingerprint density at radius 1 is 1.44 bits per heavy atom. The summed E-state index contributed by atoms with van der Waals surface area (Å²) in [6.07, 6.45) is 0.892. The van der Waals surface area contributed by atoms with E-state index in [9.17, 15) is 0 Å². The van der Waals surface area contributed by atoms with Crippen LogP contribution >= 0.6 is 0 Å². The second kappa shape index (κ2) is 4.39. The molecule has 1 atom stereocenters. The number of rotatable bonds is 3. The fourth-order valence-corrected chi connectivity index (χ4v) is 1.95. The number of nitrogens with two attached hydrogens (primary N) is 1. The van der Waals surface area contributed by atoms with Crippen LogP contribution in [0.2, 0.25) is 0 Å². The van der Waals surface area contributed by atoms with Crippen molar-refractivity contribution in [1.29, 1.82) is 0 Å². The van der Waals surface area contributed by atoms with Crippen LogP contribution in [-0.2, 0) is 6.42 Å². The Morgan fingerprint density at radius 3 is 2.88 bits per heavy atom. The summed E-state index contributed by atoms with van der Waals surface area (Å²) < 4.78 is 0. The topological polar surface area (TPSA) is 54.2 Å². The normalized spacial score (nSPS) is 14.2. The standard InChI is InChI=1S/C13H17N3/c1-9(15-10(2)14)7-12-8-11-5-3-4-6-13(11)16-12/h3-6,8-9,16H,7H2,1-2H3,(H2,14,15). The minimum absolute atomic E-state index is 0.220. The van der Waals surface area contributed by atoms with E-state index in [0.717, 1.165) is 6.42 Å². The zero-order valence-corrected chi connectivity index (χ0v) is 9.70. The van der Waals surface area contributed by atoms with Gasteiger partial charge in [-0.25, -0.2) is 0 Å². The van der Waals surface area contributed by atoms with Crippen molar-refractivity contribution in [2.45, 2.75) is 26.3 Å². The second-order valence-electron chi connectivity index (χ2n) is 4.21. The molecule has 0 aliphatic rings. The lowest BCUT2D eigenvalue weighted by Crippen LogP contribution is -2.12. The van der Waals surface area contributed by atoms with Crippen molar-refractivity contribution in [3.63, 3.8) is 0 Å². The molecule has 2 aromatic rings. The average molecular weight is 215 g/mol. The Morgan fingerprint density at radius 2 is 2.19 bits per heavy atom. The van der Waals surface area contributed by atoms with E-state index >= 15 is 0 Å². The smallest absolute Gasteiger partial charge is 0.0909 e. The first-order chi connectivity index (χ1) is 7.65. The maximum absolute atomic E-state index is 5.56. The van der Waals surface area contributed by atoms with Gasteiger partial charge in [-0.15, -0.1) is 0 Å². The fraction of sp³-hybridized carbons (Fsp3) is 0.308. The molecule has 1 unspecified atom stereocenters.